The number of benzene rings is 2. The predicted octanol–water partition coefficient (Wildman–Crippen LogP) is 5.72. The second kappa shape index (κ2) is 11.7. The molecule has 3 aromatic rings. The van der Waals surface area contributed by atoms with Crippen LogP contribution in [0.4, 0.5) is 27.8 Å². The molecule has 1 N–H and O–H groups in total. The zero-order valence-corrected chi connectivity index (χ0v) is 23.4. The van der Waals surface area contributed by atoms with Crippen LogP contribution in [0.1, 0.15) is 53.2 Å². The topological polar surface area (TPSA) is 90.0 Å². The Morgan fingerprint density at radius 2 is 1.58 bits per heavy atom. The van der Waals surface area contributed by atoms with E-state index in [1.54, 1.807) is 19.1 Å². The van der Waals surface area contributed by atoms with Gasteiger partial charge in [-0.1, -0.05) is 0 Å². The van der Waals surface area contributed by atoms with Crippen LogP contribution in [-0.4, -0.2) is 50.0 Å². The zero-order chi connectivity index (χ0) is 31.1. The van der Waals surface area contributed by atoms with Gasteiger partial charge in [-0.15, -0.1) is 13.2 Å². The minimum Gasteiger partial charge on any atom is -0.497 e. The average molecular weight is 606 g/mol. The molecule has 8 nitrogen and oxygen atoms in total. The number of aromatic nitrogens is 1. The highest BCUT2D eigenvalue weighted by molar-refractivity contribution is 6.00. The van der Waals surface area contributed by atoms with Gasteiger partial charge in [0.2, 0.25) is 5.91 Å². The second-order valence-corrected chi connectivity index (χ2v) is 10.4. The average Bonchev–Trinajstić information content (AvgIpc) is 3.77. The van der Waals surface area contributed by atoms with Crippen LogP contribution < -0.4 is 24.4 Å². The molecule has 1 aliphatic heterocycles. The molecule has 1 saturated heterocycles. The van der Waals surface area contributed by atoms with Crippen molar-refractivity contribution in [3.05, 3.63) is 77.0 Å². The number of ether oxygens (including phenoxy) is 3. The van der Waals surface area contributed by atoms with Crippen molar-refractivity contribution in [2.45, 2.75) is 44.0 Å². The third-order valence-electron chi connectivity index (χ3n) is 7.65. The summed E-state index contributed by atoms with van der Waals surface area (Å²) in [5.74, 6) is -4.86. The maximum atomic E-state index is 15.4. The zero-order valence-electron chi connectivity index (χ0n) is 23.4. The van der Waals surface area contributed by atoms with Gasteiger partial charge in [0, 0.05) is 65.5 Å². The summed E-state index contributed by atoms with van der Waals surface area (Å²) in [4.78, 5) is 32.9. The van der Waals surface area contributed by atoms with Crippen LogP contribution in [0.5, 0.6) is 17.2 Å². The number of carbonyl (C=O) groups is 2. The van der Waals surface area contributed by atoms with Gasteiger partial charge >= 0.3 is 6.36 Å². The van der Waals surface area contributed by atoms with E-state index >= 15 is 8.78 Å². The van der Waals surface area contributed by atoms with Crippen molar-refractivity contribution in [2.24, 2.45) is 5.92 Å². The van der Waals surface area contributed by atoms with Crippen LogP contribution in [0.25, 0.3) is 0 Å². The van der Waals surface area contributed by atoms with E-state index in [4.69, 9.17) is 9.47 Å². The first-order valence-corrected chi connectivity index (χ1v) is 13.5. The van der Waals surface area contributed by atoms with Gasteiger partial charge in [0.25, 0.3) is 5.91 Å². The lowest BCUT2D eigenvalue weighted by atomic mass is 9.83. The Hall–Kier alpha value is -4.42. The van der Waals surface area contributed by atoms with E-state index in [1.807, 2.05) is 0 Å². The van der Waals surface area contributed by atoms with Crippen molar-refractivity contribution in [2.75, 3.05) is 25.7 Å². The third kappa shape index (κ3) is 6.35. The number of hydrogen-bond acceptors (Lipinski definition) is 6. The van der Waals surface area contributed by atoms with Gasteiger partial charge in [-0.3, -0.25) is 14.5 Å². The number of amides is 2. The molecule has 0 bridgehead atoms. The number of carbonyl (C=O) groups excluding carboxylic acids is 2. The van der Waals surface area contributed by atoms with Gasteiger partial charge in [-0.2, -0.15) is 0 Å². The minimum atomic E-state index is -4.90. The molecule has 2 heterocycles. The number of alkyl halides is 3. The molecule has 228 valence electrons. The standard InChI is InChI=1S/C30H28F5N3O5/c1-15-26(27-22(31)10-19(41-2)11-23(27)32)21(14-36-28(39)17-6-8-18(9-7-17)43-30(33,34)35)29(40)38(15)25-13-20(42-3)12-24(37-25)16-4-5-16/h6-13,15-16,21,26H,4-5,14H2,1-3H3,(H,36,39)/t15-,21?,26+/m0/s1. The molecule has 2 aromatic carbocycles. The SMILES string of the molecule is COc1cc(C2CC2)nc(N2C(=O)C(CNC(=O)c3ccc(OC(F)(F)F)cc3)[C@H](c3c(F)cc(OC)cc3F)[C@@H]2C)c1. The van der Waals surface area contributed by atoms with E-state index in [9.17, 15) is 22.8 Å². The summed E-state index contributed by atoms with van der Waals surface area (Å²) in [7, 11) is 2.75. The molecule has 1 aliphatic carbocycles. The van der Waals surface area contributed by atoms with E-state index in [0.717, 1.165) is 54.9 Å². The lowest BCUT2D eigenvalue weighted by Gasteiger charge is -2.26. The number of nitrogens with one attached hydrogen (secondary N) is 1. The van der Waals surface area contributed by atoms with E-state index < -0.39 is 53.4 Å². The monoisotopic (exact) mass is 605 g/mol. The van der Waals surface area contributed by atoms with Crippen molar-refractivity contribution in [3.8, 4) is 17.2 Å². The molecule has 1 unspecified atom stereocenters. The molecule has 13 heteroatoms. The lowest BCUT2D eigenvalue weighted by Crippen LogP contribution is -2.36. The fraction of sp³-hybridized carbons (Fsp3) is 0.367. The number of halogens is 5. The molecule has 43 heavy (non-hydrogen) atoms. The Morgan fingerprint density at radius 1 is 0.977 bits per heavy atom. The fourth-order valence-electron chi connectivity index (χ4n) is 5.46. The summed E-state index contributed by atoms with van der Waals surface area (Å²) in [5, 5.41) is 2.59. The Bertz CT molecular complexity index is 1500. The van der Waals surface area contributed by atoms with Crippen molar-refractivity contribution < 1.29 is 45.8 Å². The number of rotatable bonds is 9. The quantitative estimate of drug-likeness (QED) is 0.314. The molecule has 0 radical (unpaired) electrons. The van der Waals surface area contributed by atoms with Crippen molar-refractivity contribution in [1.29, 1.82) is 0 Å². The Balaban J connectivity index is 1.47. The Kier molecular flexibility index (Phi) is 8.17. The fourth-order valence-corrected chi connectivity index (χ4v) is 5.46. The summed E-state index contributed by atoms with van der Waals surface area (Å²) in [6.45, 7) is 1.32. The summed E-state index contributed by atoms with van der Waals surface area (Å²) >= 11 is 0. The Morgan fingerprint density at radius 3 is 2.14 bits per heavy atom. The molecule has 3 atom stereocenters. The van der Waals surface area contributed by atoms with Gasteiger partial charge in [0.05, 0.1) is 20.1 Å². The van der Waals surface area contributed by atoms with Crippen LogP contribution in [0.3, 0.4) is 0 Å². The molecule has 5 rings (SSSR count). The largest absolute Gasteiger partial charge is 0.573 e. The molecule has 2 amide bonds. The molecule has 1 saturated carbocycles. The highest BCUT2D eigenvalue weighted by Crippen LogP contribution is 2.46. The molecule has 0 spiro atoms. The summed E-state index contributed by atoms with van der Waals surface area (Å²) in [6.07, 6.45) is -3.02. The van der Waals surface area contributed by atoms with Crippen LogP contribution in [-0.2, 0) is 4.79 Å². The van der Waals surface area contributed by atoms with E-state index in [0.29, 0.717) is 5.75 Å². The van der Waals surface area contributed by atoms with Gasteiger partial charge in [-0.05, 0) is 44.0 Å². The lowest BCUT2D eigenvalue weighted by molar-refractivity contribution is -0.274. The van der Waals surface area contributed by atoms with Crippen LogP contribution >= 0.6 is 0 Å². The summed E-state index contributed by atoms with van der Waals surface area (Å²) in [5.41, 5.74) is 0.386. The second-order valence-electron chi connectivity index (χ2n) is 10.4. The molecular weight excluding hydrogens is 577 g/mol. The Labute approximate surface area is 243 Å². The first kappa shape index (κ1) is 30.1. The van der Waals surface area contributed by atoms with E-state index in [-0.39, 0.29) is 35.2 Å². The number of hydrogen-bond donors (Lipinski definition) is 1. The van der Waals surface area contributed by atoms with Crippen LogP contribution in [0.15, 0.2) is 48.5 Å². The first-order chi connectivity index (χ1) is 20.4. The van der Waals surface area contributed by atoms with E-state index in [1.165, 1.54) is 19.1 Å². The van der Waals surface area contributed by atoms with Crippen LogP contribution in [0.2, 0.25) is 0 Å². The van der Waals surface area contributed by atoms with Crippen LogP contribution in [0, 0.1) is 17.6 Å². The third-order valence-corrected chi connectivity index (χ3v) is 7.65. The number of pyridine rings is 1. The van der Waals surface area contributed by atoms with E-state index in [2.05, 4.69) is 15.0 Å². The highest BCUT2D eigenvalue weighted by Gasteiger charge is 2.50. The maximum absolute atomic E-state index is 15.4. The van der Waals surface area contributed by atoms with Crippen molar-refractivity contribution >= 4 is 17.6 Å². The minimum absolute atomic E-state index is 0.00762. The van der Waals surface area contributed by atoms with Gasteiger partial charge in [0.15, 0.2) is 0 Å². The normalized spacial score (nSPS) is 20.2. The summed E-state index contributed by atoms with van der Waals surface area (Å²) < 4.78 is 82.5. The first-order valence-electron chi connectivity index (χ1n) is 13.5. The maximum Gasteiger partial charge on any atom is 0.573 e. The number of methoxy groups -OCH3 is 2. The van der Waals surface area contributed by atoms with Crippen molar-refractivity contribution in [3.63, 3.8) is 0 Å². The van der Waals surface area contributed by atoms with Gasteiger partial charge < -0.3 is 19.5 Å². The van der Waals surface area contributed by atoms with Crippen molar-refractivity contribution in [1.82, 2.24) is 10.3 Å². The van der Waals surface area contributed by atoms with Gasteiger partial charge in [-0.25, -0.2) is 13.8 Å². The van der Waals surface area contributed by atoms with Gasteiger partial charge in [0.1, 0.15) is 34.7 Å². The number of anilines is 1. The smallest absolute Gasteiger partial charge is 0.497 e. The predicted molar refractivity (Wildman–Crippen MR) is 144 cm³/mol. The molecule has 2 fully saturated rings. The molecular formula is C30H28F5N3O5. The highest BCUT2D eigenvalue weighted by atomic mass is 19.4. The molecule has 1 aromatic heterocycles. The number of nitrogens with zero attached hydrogens (tertiary/aromatic N) is 2. The summed E-state index contributed by atoms with van der Waals surface area (Å²) in [6, 6.07) is 8.81. The molecule has 2 aliphatic rings.